The van der Waals surface area contributed by atoms with E-state index >= 15 is 0 Å². The summed E-state index contributed by atoms with van der Waals surface area (Å²) in [6.07, 6.45) is 1.46. The van der Waals surface area contributed by atoms with Crippen LogP contribution in [0.15, 0.2) is 24.5 Å². The first kappa shape index (κ1) is 13.9. The summed E-state index contributed by atoms with van der Waals surface area (Å²) in [4.78, 5) is 8.25. The van der Waals surface area contributed by atoms with Crippen LogP contribution in [0.2, 0.25) is 0 Å². The molecule has 0 fully saturated rings. The van der Waals surface area contributed by atoms with Crippen LogP contribution in [0.25, 0.3) is 0 Å². The van der Waals surface area contributed by atoms with Gasteiger partial charge in [0.25, 0.3) is 0 Å². The second-order valence-corrected chi connectivity index (χ2v) is 4.28. The van der Waals surface area contributed by atoms with E-state index in [1.807, 2.05) is 19.1 Å². The Hall–Kier alpha value is -2.50. The summed E-state index contributed by atoms with van der Waals surface area (Å²) in [7, 11) is 3.22. The van der Waals surface area contributed by atoms with E-state index in [2.05, 4.69) is 15.3 Å². The maximum atomic E-state index is 5.80. The molecule has 20 heavy (non-hydrogen) atoms. The summed E-state index contributed by atoms with van der Waals surface area (Å²) in [6, 6.07) is 5.53. The predicted octanol–water partition coefficient (Wildman–Crippen LogP) is 2.00. The van der Waals surface area contributed by atoms with Crippen LogP contribution in [0.5, 0.6) is 11.6 Å². The number of ether oxygens (including phenoxy) is 2. The Morgan fingerprint density at radius 3 is 2.70 bits per heavy atom. The Morgan fingerprint density at radius 1 is 1.20 bits per heavy atom. The summed E-state index contributed by atoms with van der Waals surface area (Å²) < 4.78 is 10.5. The third kappa shape index (κ3) is 2.90. The first-order chi connectivity index (χ1) is 9.65. The van der Waals surface area contributed by atoms with E-state index in [1.54, 1.807) is 20.3 Å². The molecule has 3 N–H and O–H groups in total. The van der Waals surface area contributed by atoms with Gasteiger partial charge in [0.1, 0.15) is 17.9 Å². The zero-order chi connectivity index (χ0) is 14.5. The Labute approximate surface area is 118 Å². The highest BCUT2D eigenvalue weighted by atomic mass is 16.5. The van der Waals surface area contributed by atoms with Crippen molar-refractivity contribution in [2.24, 2.45) is 0 Å². The Morgan fingerprint density at radius 2 is 2.00 bits per heavy atom. The SMILES string of the molecule is COc1ccc(N)cc1CNc1ncnc(OC)c1C. The Balaban J connectivity index is 2.19. The van der Waals surface area contributed by atoms with Crippen molar-refractivity contribution in [3.8, 4) is 11.6 Å². The van der Waals surface area contributed by atoms with Crippen LogP contribution in [0.4, 0.5) is 11.5 Å². The molecule has 0 atom stereocenters. The van der Waals surface area contributed by atoms with Gasteiger partial charge < -0.3 is 20.5 Å². The lowest BCUT2D eigenvalue weighted by Gasteiger charge is -2.13. The van der Waals surface area contributed by atoms with E-state index in [4.69, 9.17) is 15.2 Å². The van der Waals surface area contributed by atoms with Gasteiger partial charge in [0.2, 0.25) is 5.88 Å². The second kappa shape index (κ2) is 6.10. The van der Waals surface area contributed by atoms with E-state index in [0.717, 1.165) is 22.7 Å². The molecule has 6 heteroatoms. The van der Waals surface area contributed by atoms with Crippen LogP contribution in [0, 0.1) is 6.92 Å². The van der Waals surface area contributed by atoms with Gasteiger partial charge in [0, 0.05) is 17.8 Å². The minimum Gasteiger partial charge on any atom is -0.496 e. The normalized spacial score (nSPS) is 10.2. The standard InChI is InChI=1S/C14H18N4O2/c1-9-13(17-8-18-14(9)20-3)16-7-10-6-11(15)4-5-12(10)19-2/h4-6,8H,7,15H2,1-3H3,(H,16,17,18). The molecule has 1 aromatic heterocycles. The molecule has 0 saturated carbocycles. The molecule has 0 amide bonds. The summed E-state index contributed by atoms with van der Waals surface area (Å²) >= 11 is 0. The van der Waals surface area contributed by atoms with Crippen LogP contribution in [-0.2, 0) is 6.54 Å². The van der Waals surface area contributed by atoms with Crippen molar-refractivity contribution >= 4 is 11.5 Å². The number of nitrogens with two attached hydrogens (primary N) is 1. The highest BCUT2D eigenvalue weighted by Crippen LogP contribution is 2.24. The molecule has 0 unspecified atom stereocenters. The van der Waals surface area contributed by atoms with Crippen molar-refractivity contribution < 1.29 is 9.47 Å². The number of methoxy groups -OCH3 is 2. The van der Waals surface area contributed by atoms with Gasteiger partial charge in [-0.2, -0.15) is 0 Å². The maximum Gasteiger partial charge on any atom is 0.221 e. The second-order valence-electron chi connectivity index (χ2n) is 4.28. The quantitative estimate of drug-likeness (QED) is 0.811. The van der Waals surface area contributed by atoms with Crippen molar-refractivity contribution in [1.82, 2.24) is 9.97 Å². The molecule has 0 spiro atoms. The highest BCUT2D eigenvalue weighted by Gasteiger charge is 2.08. The van der Waals surface area contributed by atoms with E-state index in [1.165, 1.54) is 6.33 Å². The number of nitrogens with one attached hydrogen (secondary N) is 1. The zero-order valence-corrected chi connectivity index (χ0v) is 11.8. The van der Waals surface area contributed by atoms with E-state index in [0.29, 0.717) is 18.1 Å². The molecule has 106 valence electrons. The summed E-state index contributed by atoms with van der Waals surface area (Å²) in [5.74, 6) is 2.06. The molecular formula is C14H18N4O2. The number of benzene rings is 1. The van der Waals surface area contributed by atoms with Gasteiger partial charge in [-0.25, -0.2) is 9.97 Å². The monoisotopic (exact) mass is 274 g/mol. The topological polar surface area (TPSA) is 82.3 Å². The number of aromatic nitrogens is 2. The molecule has 0 aliphatic carbocycles. The molecule has 0 saturated heterocycles. The van der Waals surface area contributed by atoms with Crippen LogP contribution in [0.1, 0.15) is 11.1 Å². The van der Waals surface area contributed by atoms with Gasteiger partial charge in [-0.1, -0.05) is 0 Å². The first-order valence-electron chi connectivity index (χ1n) is 6.17. The number of anilines is 2. The summed E-state index contributed by atoms with van der Waals surface area (Å²) in [5, 5.41) is 3.24. The van der Waals surface area contributed by atoms with Gasteiger partial charge in [0.15, 0.2) is 0 Å². The molecule has 0 bridgehead atoms. The average Bonchev–Trinajstić information content (AvgIpc) is 2.46. The first-order valence-corrected chi connectivity index (χ1v) is 6.17. The minimum absolute atomic E-state index is 0.551. The smallest absolute Gasteiger partial charge is 0.221 e. The molecule has 0 aliphatic rings. The van der Waals surface area contributed by atoms with Crippen molar-refractivity contribution in [2.45, 2.75) is 13.5 Å². The van der Waals surface area contributed by atoms with Gasteiger partial charge in [-0.05, 0) is 25.1 Å². The lowest BCUT2D eigenvalue weighted by atomic mass is 10.1. The molecule has 0 radical (unpaired) electrons. The van der Waals surface area contributed by atoms with Crippen LogP contribution in [0.3, 0.4) is 0 Å². The molecule has 2 rings (SSSR count). The van der Waals surface area contributed by atoms with Crippen LogP contribution >= 0.6 is 0 Å². The fraction of sp³-hybridized carbons (Fsp3) is 0.286. The van der Waals surface area contributed by atoms with Gasteiger partial charge in [-0.15, -0.1) is 0 Å². The third-order valence-corrected chi connectivity index (χ3v) is 2.98. The molecule has 0 aliphatic heterocycles. The van der Waals surface area contributed by atoms with E-state index in [9.17, 15) is 0 Å². The fourth-order valence-corrected chi connectivity index (χ4v) is 1.93. The minimum atomic E-state index is 0.551. The van der Waals surface area contributed by atoms with Crippen molar-refractivity contribution in [3.05, 3.63) is 35.7 Å². The van der Waals surface area contributed by atoms with Crippen molar-refractivity contribution in [3.63, 3.8) is 0 Å². The summed E-state index contributed by atoms with van der Waals surface area (Å²) in [6.45, 7) is 2.45. The number of nitrogens with zero attached hydrogens (tertiary/aromatic N) is 2. The number of hydrogen-bond donors (Lipinski definition) is 2. The zero-order valence-electron chi connectivity index (χ0n) is 11.8. The average molecular weight is 274 g/mol. The third-order valence-electron chi connectivity index (χ3n) is 2.98. The van der Waals surface area contributed by atoms with E-state index in [-0.39, 0.29) is 0 Å². The van der Waals surface area contributed by atoms with Crippen molar-refractivity contribution in [2.75, 3.05) is 25.3 Å². The molecular weight excluding hydrogens is 256 g/mol. The largest absolute Gasteiger partial charge is 0.496 e. The van der Waals surface area contributed by atoms with E-state index < -0.39 is 0 Å². The lowest BCUT2D eigenvalue weighted by molar-refractivity contribution is 0.393. The molecule has 1 heterocycles. The summed E-state index contributed by atoms with van der Waals surface area (Å²) in [5.41, 5.74) is 8.31. The van der Waals surface area contributed by atoms with Crippen molar-refractivity contribution in [1.29, 1.82) is 0 Å². The highest BCUT2D eigenvalue weighted by molar-refractivity contribution is 5.52. The number of nitrogen functional groups attached to an aromatic ring is 1. The fourth-order valence-electron chi connectivity index (χ4n) is 1.93. The van der Waals surface area contributed by atoms with Gasteiger partial charge in [-0.3, -0.25) is 0 Å². The molecule has 1 aromatic carbocycles. The van der Waals surface area contributed by atoms with Gasteiger partial charge >= 0.3 is 0 Å². The Bertz CT molecular complexity index is 602. The number of rotatable bonds is 5. The predicted molar refractivity (Wildman–Crippen MR) is 78.1 cm³/mol. The van der Waals surface area contributed by atoms with Crippen LogP contribution < -0.4 is 20.5 Å². The maximum absolute atomic E-state index is 5.80. The van der Waals surface area contributed by atoms with Gasteiger partial charge in [0.05, 0.1) is 19.8 Å². The Kier molecular flexibility index (Phi) is 4.24. The lowest BCUT2D eigenvalue weighted by Crippen LogP contribution is -2.06. The number of hydrogen-bond acceptors (Lipinski definition) is 6. The molecule has 6 nitrogen and oxygen atoms in total. The van der Waals surface area contributed by atoms with Crippen LogP contribution in [-0.4, -0.2) is 24.2 Å². The molecule has 2 aromatic rings.